The number of rotatable bonds is 4. The SMILES string of the molecule is Cc1nnc2ccc(C(=O)OCC(=O)Nc3c(Cl)c(Cl)cc(Cl)c3Cl)cn12. The molecule has 3 aromatic rings. The number of hydrogen-bond acceptors (Lipinski definition) is 5. The van der Waals surface area contributed by atoms with E-state index in [1.54, 1.807) is 17.4 Å². The normalized spacial score (nSPS) is 10.9. The first-order chi connectivity index (χ1) is 12.8. The highest BCUT2D eigenvalue weighted by Gasteiger charge is 2.18. The predicted molar refractivity (Wildman–Crippen MR) is 103 cm³/mol. The minimum atomic E-state index is -0.693. The number of benzene rings is 1. The summed E-state index contributed by atoms with van der Waals surface area (Å²) in [4.78, 5) is 24.3. The first-order valence-corrected chi connectivity index (χ1v) is 8.90. The van der Waals surface area contributed by atoms with Gasteiger partial charge in [0.25, 0.3) is 5.91 Å². The Morgan fingerprint density at radius 1 is 1.11 bits per heavy atom. The van der Waals surface area contributed by atoms with Crippen LogP contribution in [0.5, 0.6) is 0 Å². The fourth-order valence-electron chi connectivity index (χ4n) is 2.20. The molecule has 0 saturated heterocycles. The summed E-state index contributed by atoms with van der Waals surface area (Å²) in [6.07, 6.45) is 1.52. The summed E-state index contributed by atoms with van der Waals surface area (Å²) in [6, 6.07) is 4.49. The van der Waals surface area contributed by atoms with Crippen molar-refractivity contribution in [2.45, 2.75) is 6.92 Å². The smallest absolute Gasteiger partial charge is 0.340 e. The van der Waals surface area contributed by atoms with E-state index in [-0.39, 0.29) is 31.3 Å². The van der Waals surface area contributed by atoms with Crippen molar-refractivity contribution in [1.29, 1.82) is 0 Å². The molecule has 0 radical (unpaired) electrons. The molecule has 0 aliphatic rings. The van der Waals surface area contributed by atoms with Gasteiger partial charge in [-0.2, -0.15) is 0 Å². The Labute approximate surface area is 173 Å². The van der Waals surface area contributed by atoms with Crippen LogP contribution in [-0.2, 0) is 9.53 Å². The summed E-state index contributed by atoms with van der Waals surface area (Å²) in [7, 11) is 0. The number of esters is 1. The van der Waals surface area contributed by atoms with Gasteiger partial charge in [-0.15, -0.1) is 10.2 Å². The van der Waals surface area contributed by atoms with Crippen molar-refractivity contribution in [2.75, 3.05) is 11.9 Å². The fraction of sp³-hybridized carbons (Fsp3) is 0.125. The average Bonchev–Trinajstić information content (AvgIpc) is 3.02. The van der Waals surface area contributed by atoms with E-state index in [0.29, 0.717) is 11.5 Å². The number of pyridine rings is 1. The highest BCUT2D eigenvalue weighted by atomic mass is 35.5. The molecule has 1 N–H and O–H groups in total. The molecule has 3 rings (SSSR count). The molecule has 2 aromatic heterocycles. The van der Waals surface area contributed by atoms with Crippen LogP contribution >= 0.6 is 46.4 Å². The van der Waals surface area contributed by atoms with E-state index in [0.717, 1.165) is 0 Å². The highest BCUT2D eigenvalue weighted by Crippen LogP contribution is 2.40. The third-order valence-corrected chi connectivity index (χ3v) is 5.09. The summed E-state index contributed by atoms with van der Waals surface area (Å²) in [5.74, 6) is -0.743. The van der Waals surface area contributed by atoms with Crippen LogP contribution in [0.4, 0.5) is 5.69 Å². The predicted octanol–water partition coefficient (Wildman–Crippen LogP) is 4.45. The third kappa shape index (κ3) is 4.11. The van der Waals surface area contributed by atoms with Crippen LogP contribution < -0.4 is 5.32 Å². The molecule has 11 heteroatoms. The molecule has 1 aromatic carbocycles. The maximum Gasteiger partial charge on any atom is 0.340 e. The molecule has 27 heavy (non-hydrogen) atoms. The number of nitrogens with zero attached hydrogens (tertiary/aromatic N) is 3. The van der Waals surface area contributed by atoms with Crippen molar-refractivity contribution >= 4 is 69.6 Å². The van der Waals surface area contributed by atoms with Crippen LogP contribution in [-0.4, -0.2) is 33.1 Å². The van der Waals surface area contributed by atoms with Crippen LogP contribution in [0.1, 0.15) is 16.2 Å². The van der Waals surface area contributed by atoms with Crippen LogP contribution in [0.3, 0.4) is 0 Å². The van der Waals surface area contributed by atoms with E-state index in [1.165, 1.54) is 18.3 Å². The van der Waals surface area contributed by atoms with Crippen LogP contribution in [0.15, 0.2) is 24.4 Å². The van der Waals surface area contributed by atoms with Crippen LogP contribution in [0.2, 0.25) is 20.1 Å². The molecule has 0 aliphatic carbocycles. The molecular weight excluding hydrogens is 438 g/mol. The number of nitrogens with one attached hydrogen (secondary N) is 1. The van der Waals surface area contributed by atoms with E-state index in [9.17, 15) is 9.59 Å². The van der Waals surface area contributed by atoms with Gasteiger partial charge in [0, 0.05) is 6.20 Å². The van der Waals surface area contributed by atoms with Crippen molar-refractivity contribution in [3.05, 3.63) is 55.9 Å². The van der Waals surface area contributed by atoms with Crippen molar-refractivity contribution in [3.63, 3.8) is 0 Å². The Hall–Kier alpha value is -2.06. The van der Waals surface area contributed by atoms with Gasteiger partial charge in [-0.1, -0.05) is 46.4 Å². The number of aryl methyl sites for hydroxylation is 1. The molecule has 0 fully saturated rings. The Morgan fingerprint density at radius 2 is 1.78 bits per heavy atom. The van der Waals surface area contributed by atoms with E-state index >= 15 is 0 Å². The Morgan fingerprint density at radius 3 is 2.44 bits per heavy atom. The first kappa shape index (κ1) is 19.7. The first-order valence-electron chi connectivity index (χ1n) is 7.39. The largest absolute Gasteiger partial charge is 0.452 e. The number of ether oxygens (including phenoxy) is 1. The second kappa shape index (κ2) is 7.90. The molecule has 7 nitrogen and oxygen atoms in total. The second-order valence-corrected chi connectivity index (χ2v) is 6.93. The summed E-state index contributed by atoms with van der Waals surface area (Å²) < 4.78 is 6.64. The van der Waals surface area contributed by atoms with Gasteiger partial charge < -0.3 is 10.1 Å². The zero-order valence-corrected chi connectivity index (χ0v) is 16.6. The van der Waals surface area contributed by atoms with E-state index in [4.69, 9.17) is 51.1 Å². The van der Waals surface area contributed by atoms with Gasteiger partial charge in [-0.05, 0) is 25.1 Å². The molecule has 0 unspecified atom stereocenters. The number of aromatic nitrogens is 3. The lowest BCUT2D eigenvalue weighted by Gasteiger charge is -2.12. The number of anilines is 1. The van der Waals surface area contributed by atoms with E-state index in [1.807, 2.05) is 0 Å². The zero-order chi connectivity index (χ0) is 19.7. The molecule has 0 bridgehead atoms. The van der Waals surface area contributed by atoms with Crippen molar-refractivity contribution in [2.24, 2.45) is 0 Å². The number of fused-ring (bicyclic) bond motifs is 1. The summed E-state index contributed by atoms with van der Waals surface area (Å²) in [5.41, 5.74) is 0.863. The second-order valence-electron chi connectivity index (χ2n) is 5.36. The Balaban J connectivity index is 1.68. The van der Waals surface area contributed by atoms with E-state index in [2.05, 4.69) is 15.5 Å². The molecule has 0 spiro atoms. The third-order valence-electron chi connectivity index (χ3n) is 3.52. The number of halogens is 4. The van der Waals surface area contributed by atoms with Crippen LogP contribution in [0, 0.1) is 6.92 Å². The number of amides is 1. The average molecular weight is 448 g/mol. The fourth-order valence-corrected chi connectivity index (χ4v) is 3.10. The lowest BCUT2D eigenvalue weighted by atomic mass is 10.3. The number of carbonyl (C=O) groups is 2. The van der Waals surface area contributed by atoms with Gasteiger partial charge in [0.2, 0.25) is 0 Å². The minimum Gasteiger partial charge on any atom is -0.452 e. The standard InChI is InChI=1S/C16H10Cl4N4O3/c1-7-22-23-11-3-2-8(5-24(7)11)16(26)27-6-12(25)21-15-13(19)9(17)4-10(18)14(15)20/h2-5H,6H2,1H3,(H,21,25). The lowest BCUT2D eigenvalue weighted by molar-refractivity contribution is -0.119. The molecule has 0 aliphatic heterocycles. The van der Waals surface area contributed by atoms with Gasteiger partial charge >= 0.3 is 5.97 Å². The van der Waals surface area contributed by atoms with Gasteiger partial charge in [0.1, 0.15) is 5.82 Å². The molecule has 2 heterocycles. The monoisotopic (exact) mass is 446 g/mol. The lowest BCUT2D eigenvalue weighted by Crippen LogP contribution is -2.21. The maximum atomic E-state index is 12.2. The van der Waals surface area contributed by atoms with E-state index < -0.39 is 18.5 Å². The van der Waals surface area contributed by atoms with Crippen molar-refractivity contribution < 1.29 is 14.3 Å². The van der Waals surface area contributed by atoms with Crippen molar-refractivity contribution in [3.8, 4) is 0 Å². The Bertz CT molecular complexity index is 1040. The zero-order valence-electron chi connectivity index (χ0n) is 13.6. The number of carbonyl (C=O) groups excluding carboxylic acids is 2. The van der Waals surface area contributed by atoms with Crippen LogP contribution in [0.25, 0.3) is 5.65 Å². The molecule has 140 valence electrons. The number of hydrogen-bond donors (Lipinski definition) is 1. The molecule has 0 atom stereocenters. The topological polar surface area (TPSA) is 85.6 Å². The van der Waals surface area contributed by atoms with Crippen molar-refractivity contribution in [1.82, 2.24) is 14.6 Å². The van der Waals surface area contributed by atoms with Gasteiger partial charge in [-0.25, -0.2) is 4.79 Å². The summed E-state index contributed by atoms with van der Waals surface area (Å²) in [5, 5.41) is 10.5. The minimum absolute atomic E-state index is 0.0271. The Kier molecular flexibility index (Phi) is 5.76. The maximum absolute atomic E-state index is 12.2. The molecule has 0 saturated carbocycles. The summed E-state index contributed by atoms with van der Waals surface area (Å²) >= 11 is 23.9. The molecular formula is C16H10Cl4N4O3. The highest BCUT2D eigenvalue weighted by molar-refractivity contribution is 6.50. The van der Waals surface area contributed by atoms with Gasteiger partial charge in [-0.3, -0.25) is 9.20 Å². The van der Waals surface area contributed by atoms with Gasteiger partial charge in [0.15, 0.2) is 12.3 Å². The quantitative estimate of drug-likeness (QED) is 0.471. The van der Waals surface area contributed by atoms with Gasteiger partial charge in [0.05, 0.1) is 31.3 Å². The molecule has 1 amide bonds. The summed E-state index contributed by atoms with van der Waals surface area (Å²) in [6.45, 7) is 1.18.